The van der Waals surface area contributed by atoms with E-state index in [4.69, 9.17) is 0 Å². The van der Waals surface area contributed by atoms with E-state index in [1.54, 1.807) is 11.8 Å². The molecular weight excluding hydrogens is 222 g/mol. The van der Waals surface area contributed by atoms with Crippen molar-refractivity contribution in [2.24, 2.45) is 0 Å². The molecule has 1 fully saturated rings. The average Bonchev–Trinajstić information content (AvgIpc) is 2.72. The summed E-state index contributed by atoms with van der Waals surface area (Å²) in [6.45, 7) is 1.18. The fourth-order valence-corrected chi connectivity index (χ4v) is 3.78. The van der Waals surface area contributed by atoms with Gasteiger partial charge in [0, 0.05) is 24.6 Å². The number of sulfonamides is 1. The Morgan fingerprint density at radius 2 is 2.14 bits per heavy atom. The van der Waals surface area contributed by atoms with Crippen molar-refractivity contribution in [1.82, 2.24) is 14.3 Å². The number of aromatic amines is 1. The van der Waals surface area contributed by atoms with Gasteiger partial charge in [-0.25, -0.2) is 13.4 Å². The molecule has 0 bridgehead atoms. The number of aromatic nitrogens is 2. The Kier molecular flexibility index (Phi) is 2.80. The molecule has 0 aromatic carbocycles. The highest BCUT2D eigenvalue weighted by molar-refractivity contribution is 7.99. The molecule has 2 heterocycles. The lowest BCUT2D eigenvalue weighted by molar-refractivity contribution is 0.441. The number of H-pyrrole nitrogens is 1. The van der Waals surface area contributed by atoms with Gasteiger partial charge in [0.05, 0.1) is 12.5 Å². The van der Waals surface area contributed by atoms with Crippen molar-refractivity contribution in [3.05, 3.63) is 12.5 Å². The van der Waals surface area contributed by atoms with Crippen molar-refractivity contribution in [2.75, 3.05) is 24.6 Å². The van der Waals surface area contributed by atoms with Crippen molar-refractivity contribution >= 4 is 21.8 Å². The third-order valence-electron chi connectivity index (χ3n) is 2.06. The lowest BCUT2D eigenvalue weighted by atomic mass is 10.6. The van der Waals surface area contributed by atoms with E-state index in [-0.39, 0.29) is 5.03 Å². The predicted octanol–water partition coefficient (Wildman–Crippen LogP) is 0.147. The normalized spacial score (nSPS) is 19.7. The van der Waals surface area contributed by atoms with E-state index in [9.17, 15) is 8.42 Å². The second kappa shape index (κ2) is 3.92. The van der Waals surface area contributed by atoms with Crippen molar-refractivity contribution in [1.29, 1.82) is 0 Å². The topological polar surface area (TPSA) is 66.1 Å². The van der Waals surface area contributed by atoms with E-state index in [2.05, 4.69) is 9.97 Å². The summed E-state index contributed by atoms with van der Waals surface area (Å²) in [7, 11) is -3.32. The highest BCUT2D eigenvalue weighted by Crippen LogP contribution is 2.17. The third kappa shape index (κ3) is 1.79. The highest BCUT2D eigenvalue weighted by atomic mass is 32.2. The summed E-state index contributed by atoms with van der Waals surface area (Å²) in [6, 6.07) is 0. The molecule has 0 unspecified atom stereocenters. The zero-order valence-electron chi connectivity index (χ0n) is 7.51. The molecule has 2 rings (SSSR count). The van der Waals surface area contributed by atoms with Gasteiger partial charge in [0.15, 0.2) is 5.03 Å². The Hall–Kier alpha value is -0.530. The van der Waals surface area contributed by atoms with Crippen molar-refractivity contribution in [2.45, 2.75) is 5.03 Å². The summed E-state index contributed by atoms with van der Waals surface area (Å²) in [6.07, 6.45) is 2.72. The van der Waals surface area contributed by atoms with Crippen LogP contribution in [0.3, 0.4) is 0 Å². The lowest BCUT2D eigenvalue weighted by Crippen LogP contribution is -2.37. The lowest BCUT2D eigenvalue weighted by Gasteiger charge is -2.24. The highest BCUT2D eigenvalue weighted by Gasteiger charge is 2.26. The van der Waals surface area contributed by atoms with Gasteiger partial charge in [-0.3, -0.25) is 0 Å². The molecular formula is C7H11N3O2S2. The number of thioether (sulfide) groups is 1. The number of imidazole rings is 1. The molecule has 1 N–H and O–H groups in total. The van der Waals surface area contributed by atoms with Gasteiger partial charge in [0.2, 0.25) is 0 Å². The summed E-state index contributed by atoms with van der Waals surface area (Å²) in [5, 5.41) is 0.185. The molecule has 0 radical (unpaired) electrons. The van der Waals surface area contributed by atoms with E-state index in [1.165, 1.54) is 16.8 Å². The van der Waals surface area contributed by atoms with Crippen LogP contribution in [0.1, 0.15) is 0 Å². The SMILES string of the molecule is O=S(=O)(c1cnc[nH]1)N1CCSCC1. The molecule has 5 nitrogen and oxygen atoms in total. The molecule has 1 aliphatic rings. The summed E-state index contributed by atoms with van der Waals surface area (Å²) in [5.41, 5.74) is 0. The van der Waals surface area contributed by atoms with Gasteiger partial charge in [-0.2, -0.15) is 16.1 Å². The van der Waals surface area contributed by atoms with Crippen LogP contribution in [0, 0.1) is 0 Å². The molecule has 0 saturated carbocycles. The Bertz CT molecular complexity index is 381. The van der Waals surface area contributed by atoms with E-state index in [0.717, 1.165) is 11.5 Å². The van der Waals surface area contributed by atoms with Crippen LogP contribution in [0.5, 0.6) is 0 Å². The number of rotatable bonds is 2. The van der Waals surface area contributed by atoms with Crippen LogP contribution in [0.25, 0.3) is 0 Å². The Morgan fingerprint density at radius 3 is 2.71 bits per heavy atom. The second-order valence-electron chi connectivity index (χ2n) is 2.93. The quantitative estimate of drug-likeness (QED) is 0.789. The van der Waals surface area contributed by atoms with Gasteiger partial charge in [-0.05, 0) is 0 Å². The van der Waals surface area contributed by atoms with Crippen LogP contribution in [0.2, 0.25) is 0 Å². The molecule has 0 aliphatic carbocycles. The summed E-state index contributed by atoms with van der Waals surface area (Å²) in [5.74, 6) is 1.74. The van der Waals surface area contributed by atoms with E-state index >= 15 is 0 Å². The molecule has 0 atom stereocenters. The van der Waals surface area contributed by atoms with Crippen LogP contribution in [-0.2, 0) is 10.0 Å². The minimum Gasteiger partial charge on any atom is -0.335 e. The smallest absolute Gasteiger partial charge is 0.260 e. The Labute approximate surface area is 87.0 Å². The van der Waals surface area contributed by atoms with Crippen LogP contribution in [0.15, 0.2) is 17.6 Å². The first kappa shape index (κ1) is 10.0. The zero-order chi connectivity index (χ0) is 10.0. The number of hydrogen-bond donors (Lipinski definition) is 1. The Morgan fingerprint density at radius 1 is 1.43 bits per heavy atom. The van der Waals surface area contributed by atoms with Crippen LogP contribution in [-0.4, -0.2) is 47.3 Å². The summed E-state index contributed by atoms with van der Waals surface area (Å²) in [4.78, 5) is 6.34. The van der Waals surface area contributed by atoms with Crippen LogP contribution in [0.4, 0.5) is 0 Å². The molecule has 78 valence electrons. The van der Waals surface area contributed by atoms with E-state index in [0.29, 0.717) is 13.1 Å². The maximum absolute atomic E-state index is 11.9. The van der Waals surface area contributed by atoms with Gasteiger partial charge >= 0.3 is 0 Å². The zero-order valence-corrected chi connectivity index (χ0v) is 9.14. The molecule has 1 saturated heterocycles. The maximum atomic E-state index is 11.9. The standard InChI is InChI=1S/C7H11N3O2S2/c11-14(12,7-5-8-6-9-7)10-1-3-13-4-2-10/h5-6H,1-4H2,(H,8,9). The second-order valence-corrected chi connectivity index (χ2v) is 6.06. The summed E-state index contributed by atoms with van der Waals surface area (Å²) >= 11 is 1.78. The monoisotopic (exact) mass is 233 g/mol. The van der Waals surface area contributed by atoms with Crippen LogP contribution < -0.4 is 0 Å². The predicted molar refractivity (Wildman–Crippen MR) is 54.7 cm³/mol. The van der Waals surface area contributed by atoms with Crippen molar-refractivity contribution in [3.63, 3.8) is 0 Å². The first-order valence-electron chi connectivity index (χ1n) is 4.27. The first-order valence-corrected chi connectivity index (χ1v) is 6.87. The molecule has 1 aliphatic heterocycles. The number of nitrogens with one attached hydrogen (secondary N) is 1. The van der Waals surface area contributed by atoms with Gasteiger partial charge in [-0.1, -0.05) is 0 Å². The molecule has 1 aromatic rings. The maximum Gasteiger partial charge on any atom is 0.260 e. The molecule has 0 amide bonds. The molecule has 14 heavy (non-hydrogen) atoms. The molecule has 7 heteroatoms. The van der Waals surface area contributed by atoms with Gasteiger partial charge in [0.25, 0.3) is 10.0 Å². The van der Waals surface area contributed by atoms with E-state index < -0.39 is 10.0 Å². The summed E-state index contributed by atoms with van der Waals surface area (Å²) < 4.78 is 25.3. The molecule has 1 aromatic heterocycles. The van der Waals surface area contributed by atoms with Gasteiger partial charge < -0.3 is 4.98 Å². The Balaban J connectivity index is 2.23. The van der Waals surface area contributed by atoms with Gasteiger partial charge in [0.1, 0.15) is 0 Å². The minimum absolute atomic E-state index is 0.185. The fraction of sp³-hybridized carbons (Fsp3) is 0.571. The fourth-order valence-electron chi connectivity index (χ4n) is 1.31. The average molecular weight is 233 g/mol. The third-order valence-corrected chi connectivity index (χ3v) is 4.83. The first-order chi connectivity index (χ1) is 6.71. The van der Waals surface area contributed by atoms with Crippen molar-refractivity contribution in [3.8, 4) is 0 Å². The largest absolute Gasteiger partial charge is 0.335 e. The minimum atomic E-state index is -3.32. The number of hydrogen-bond acceptors (Lipinski definition) is 4. The molecule has 0 spiro atoms. The van der Waals surface area contributed by atoms with Crippen LogP contribution >= 0.6 is 11.8 Å². The van der Waals surface area contributed by atoms with Crippen molar-refractivity contribution < 1.29 is 8.42 Å². The van der Waals surface area contributed by atoms with E-state index in [1.807, 2.05) is 0 Å². The number of nitrogens with zero attached hydrogens (tertiary/aromatic N) is 2. The van der Waals surface area contributed by atoms with Gasteiger partial charge in [-0.15, -0.1) is 0 Å².